The molecule has 0 aliphatic carbocycles. The third-order valence-corrected chi connectivity index (χ3v) is 3.41. The van der Waals surface area contributed by atoms with E-state index in [1.807, 2.05) is 19.1 Å². The Morgan fingerprint density at radius 2 is 1.78 bits per heavy atom. The van der Waals surface area contributed by atoms with Crippen LogP contribution in [0.4, 0.5) is 8.78 Å². The molecule has 0 saturated carbocycles. The molecule has 0 fully saturated rings. The first-order valence-corrected chi connectivity index (χ1v) is 6.81. The first kappa shape index (κ1) is 14.9. The Balaban J connectivity index is 2.25. The van der Waals surface area contributed by atoms with Crippen molar-refractivity contribution in [3.8, 4) is 16.9 Å². The smallest absolute Gasteiger partial charge is 0.356 e. The van der Waals surface area contributed by atoms with Gasteiger partial charge in [-0.3, -0.25) is 0 Å². The van der Waals surface area contributed by atoms with Crippen LogP contribution in [0.15, 0.2) is 48.5 Å². The Bertz CT molecular complexity index is 886. The monoisotopic (exact) mass is 314 g/mol. The number of hydrogen-bond acceptors (Lipinski definition) is 2. The van der Waals surface area contributed by atoms with E-state index in [0.29, 0.717) is 5.69 Å². The van der Waals surface area contributed by atoms with Gasteiger partial charge in [0.1, 0.15) is 11.6 Å². The molecule has 6 heteroatoms. The molecule has 2 aromatic carbocycles. The fourth-order valence-electron chi connectivity index (χ4n) is 2.25. The number of aryl methyl sites for hydroxylation is 1. The molecule has 3 rings (SSSR count). The van der Waals surface area contributed by atoms with Crippen molar-refractivity contribution in [2.24, 2.45) is 0 Å². The maximum absolute atomic E-state index is 14.1. The molecule has 0 amide bonds. The van der Waals surface area contributed by atoms with Gasteiger partial charge in [0.25, 0.3) is 0 Å². The molecule has 0 aliphatic rings. The first-order valence-electron chi connectivity index (χ1n) is 6.81. The van der Waals surface area contributed by atoms with Crippen LogP contribution < -0.4 is 0 Å². The lowest BCUT2D eigenvalue weighted by molar-refractivity contribution is 0.0690. The van der Waals surface area contributed by atoms with E-state index in [-0.39, 0.29) is 17.0 Å². The normalized spacial score (nSPS) is 10.7. The summed E-state index contributed by atoms with van der Waals surface area (Å²) in [6, 6.07) is 11.3. The van der Waals surface area contributed by atoms with Gasteiger partial charge in [0.15, 0.2) is 5.69 Å². The molecule has 0 spiro atoms. The van der Waals surface area contributed by atoms with Crippen LogP contribution in [0.1, 0.15) is 16.1 Å². The minimum absolute atomic E-state index is 0.0504. The molecule has 0 radical (unpaired) electrons. The second kappa shape index (κ2) is 5.64. The average molecular weight is 314 g/mol. The van der Waals surface area contributed by atoms with E-state index in [4.69, 9.17) is 5.11 Å². The molecule has 1 aromatic heterocycles. The summed E-state index contributed by atoms with van der Waals surface area (Å²) in [5.74, 6) is -2.51. The molecule has 0 atom stereocenters. The number of rotatable bonds is 3. The number of benzene rings is 2. The van der Waals surface area contributed by atoms with E-state index in [1.165, 1.54) is 10.7 Å². The fraction of sp³-hybridized carbons (Fsp3) is 0.0588. The number of carboxylic acid groups (broad SMARTS) is 1. The Hall–Kier alpha value is -3.02. The third-order valence-electron chi connectivity index (χ3n) is 3.41. The van der Waals surface area contributed by atoms with Crippen molar-refractivity contribution in [3.63, 3.8) is 0 Å². The van der Waals surface area contributed by atoms with Crippen molar-refractivity contribution in [1.82, 2.24) is 9.78 Å². The highest BCUT2D eigenvalue weighted by molar-refractivity contribution is 5.87. The second-order valence-electron chi connectivity index (χ2n) is 5.09. The van der Waals surface area contributed by atoms with Crippen LogP contribution in [0.5, 0.6) is 0 Å². The number of nitrogens with zero attached hydrogens (tertiary/aromatic N) is 2. The second-order valence-corrected chi connectivity index (χ2v) is 5.09. The Morgan fingerprint density at radius 3 is 2.43 bits per heavy atom. The Labute approximate surface area is 130 Å². The standard InChI is InChI=1S/C17H12F2N2O2/c1-10-2-5-12(6-3-10)21-16(9-15(20-21)17(22)23)13-8-11(18)4-7-14(13)19/h2-9H,1H3,(H,22,23). The number of halogens is 2. The number of carboxylic acids is 1. The van der Waals surface area contributed by atoms with Crippen LogP contribution in [0.3, 0.4) is 0 Å². The Morgan fingerprint density at radius 1 is 1.09 bits per heavy atom. The van der Waals surface area contributed by atoms with Crippen molar-refractivity contribution in [1.29, 1.82) is 0 Å². The van der Waals surface area contributed by atoms with Crippen LogP contribution in [-0.2, 0) is 0 Å². The van der Waals surface area contributed by atoms with E-state index < -0.39 is 17.6 Å². The summed E-state index contributed by atoms with van der Waals surface area (Å²) in [5.41, 5.74) is 1.44. The summed E-state index contributed by atoms with van der Waals surface area (Å²) in [7, 11) is 0. The van der Waals surface area contributed by atoms with Crippen molar-refractivity contribution in [3.05, 3.63) is 71.4 Å². The summed E-state index contributed by atoms with van der Waals surface area (Å²) in [4.78, 5) is 11.2. The predicted molar refractivity (Wildman–Crippen MR) is 80.6 cm³/mol. The molecule has 0 bridgehead atoms. The summed E-state index contributed by atoms with van der Waals surface area (Å²) in [6.45, 7) is 1.91. The number of aromatic nitrogens is 2. The van der Waals surface area contributed by atoms with Crippen LogP contribution in [0.25, 0.3) is 16.9 Å². The SMILES string of the molecule is Cc1ccc(-n2nc(C(=O)O)cc2-c2cc(F)ccc2F)cc1. The molecular weight excluding hydrogens is 302 g/mol. The van der Waals surface area contributed by atoms with Crippen molar-refractivity contribution in [2.75, 3.05) is 0 Å². The quantitative estimate of drug-likeness (QED) is 0.799. The third kappa shape index (κ3) is 2.83. The topological polar surface area (TPSA) is 55.1 Å². The zero-order valence-corrected chi connectivity index (χ0v) is 12.1. The molecule has 3 aromatic rings. The van der Waals surface area contributed by atoms with Gasteiger partial charge in [0.2, 0.25) is 0 Å². The highest BCUT2D eigenvalue weighted by Crippen LogP contribution is 2.27. The number of carbonyl (C=O) groups is 1. The molecule has 1 heterocycles. The van der Waals surface area contributed by atoms with Crippen molar-refractivity contribution < 1.29 is 18.7 Å². The van der Waals surface area contributed by atoms with Gasteiger partial charge < -0.3 is 5.11 Å². The lowest BCUT2D eigenvalue weighted by atomic mass is 10.1. The maximum Gasteiger partial charge on any atom is 0.356 e. The van der Waals surface area contributed by atoms with Gasteiger partial charge in [-0.15, -0.1) is 0 Å². The van der Waals surface area contributed by atoms with Gasteiger partial charge in [0, 0.05) is 5.56 Å². The predicted octanol–water partition coefficient (Wildman–Crippen LogP) is 3.82. The van der Waals surface area contributed by atoms with Crippen LogP contribution in [0.2, 0.25) is 0 Å². The lowest BCUT2D eigenvalue weighted by Gasteiger charge is -2.09. The first-order chi connectivity index (χ1) is 11.0. The van der Waals surface area contributed by atoms with Gasteiger partial charge in [0.05, 0.1) is 11.4 Å². The van der Waals surface area contributed by atoms with Gasteiger partial charge >= 0.3 is 5.97 Å². The van der Waals surface area contributed by atoms with Crippen LogP contribution in [-0.4, -0.2) is 20.9 Å². The number of hydrogen-bond donors (Lipinski definition) is 1. The summed E-state index contributed by atoms with van der Waals surface area (Å²) >= 11 is 0. The van der Waals surface area contributed by atoms with E-state index in [2.05, 4.69) is 5.10 Å². The largest absolute Gasteiger partial charge is 0.476 e. The van der Waals surface area contributed by atoms with Crippen LogP contribution in [0, 0.1) is 18.6 Å². The zero-order chi connectivity index (χ0) is 16.6. The van der Waals surface area contributed by atoms with E-state index >= 15 is 0 Å². The van der Waals surface area contributed by atoms with Gasteiger partial charge in [-0.2, -0.15) is 5.10 Å². The highest BCUT2D eigenvalue weighted by atomic mass is 19.1. The highest BCUT2D eigenvalue weighted by Gasteiger charge is 2.18. The minimum atomic E-state index is -1.24. The van der Waals surface area contributed by atoms with Gasteiger partial charge in [-0.05, 0) is 43.3 Å². The summed E-state index contributed by atoms with van der Waals surface area (Å²) in [5, 5.41) is 13.1. The molecule has 0 saturated heterocycles. The minimum Gasteiger partial charge on any atom is -0.476 e. The van der Waals surface area contributed by atoms with Crippen molar-refractivity contribution >= 4 is 5.97 Å². The Kier molecular flexibility index (Phi) is 3.65. The molecule has 4 nitrogen and oxygen atoms in total. The van der Waals surface area contributed by atoms with E-state index in [9.17, 15) is 13.6 Å². The molecule has 0 unspecified atom stereocenters. The lowest BCUT2D eigenvalue weighted by Crippen LogP contribution is -2.03. The molecule has 116 valence electrons. The molecule has 0 aliphatic heterocycles. The zero-order valence-electron chi connectivity index (χ0n) is 12.1. The molecule has 1 N–H and O–H groups in total. The van der Waals surface area contributed by atoms with Gasteiger partial charge in [-0.25, -0.2) is 18.3 Å². The fourth-order valence-corrected chi connectivity index (χ4v) is 2.25. The van der Waals surface area contributed by atoms with Crippen molar-refractivity contribution in [2.45, 2.75) is 6.92 Å². The molecular formula is C17H12F2N2O2. The van der Waals surface area contributed by atoms with Crippen LogP contribution >= 0.6 is 0 Å². The molecule has 23 heavy (non-hydrogen) atoms. The van der Waals surface area contributed by atoms with E-state index in [0.717, 1.165) is 23.8 Å². The van der Waals surface area contributed by atoms with Gasteiger partial charge in [-0.1, -0.05) is 17.7 Å². The maximum atomic E-state index is 14.1. The van der Waals surface area contributed by atoms with E-state index in [1.54, 1.807) is 12.1 Å². The number of aromatic carboxylic acids is 1. The summed E-state index contributed by atoms with van der Waals surface area (Å²) in [6.07, 6.45) is 0. The summed E-state index contributed by atoms with van der Waals surface area (Å²) < 4.78 is 28.8. The average Bonchev–Trinajstić information content (AvgIpc) is 2.96.